The van der Waals surface area contributed by atoms with Gasteiger partial charge in [0.1, 0.15) is 5.69 Å². The van der Waals surface area contributed by atoms with E-state index in [1.54, 1.807) is 36.2 Å². The molecule has 1 aliphatic rings. The van der Waals surface area contributed by atoms with Crippen LogP contribution in [0.3, 0.4) is 0 Å². The van der Waals surface area contributed by atoms with Crippen molar-refractivity contribution in [2.24, 2.45) is 0 Å². The molecule has 1 aromatic heterocycles. The van der Waals surface area contributed by atoms with Crippen molar-refractivity contribution in [3.05, 3.63) is 30.1 Å². The molecule has 0 spiro atoms. The first-order valence-corrected chi connectivity index (χ1v) is 8.25. The number of carbonyl (C=O) groups is 3. The van der Waals surface area contributed by atoms with E-state index in [0.717, 1.165) is 0 Å². The highest BCUT2D eigenvalue weighted by Crippen LogP contribution is 2.13. The fourth-order valence-electron chi connectivity index (χ4n) is 2.63. The molecular weight excluding hydrogens is 310 g/mol. The number of esters is 1. The predicted octanol–water partition coefficient (Wildman–Crippen LogP) is 1.15. The summed E-state index contributed by atoms with van der Waals surface area (Å²) >= 11 is 0. The normalized spacial score (nSPS) is 15.0. The third kappa shape index (κ3) is 5.33. The molecular formula is C17H23N3O4. The second kappa shape index (κ2) is 9.00. The molecule has 0 unspecified atom stereocenters. The maximum absolute atomic E-state index is 12.3. The molecule has 2 rings (SSSR count). The first-order valence-electron chi connectivity index (χ1n) is 8.25. The Morgan fingerprint density at radius 1 is 1.25 bits per heavy atom. The van der Waals surface area contributed by atoms with Crippen LogP contribution in [-0.4, -0.2) is 53.4 Å². The minimum atomic E-state index is -0.358. The van der Waals surface area contributed by atoms with Crippen molar-refractivity contribution in [1.29, 1.82) is 0 Å². The SMILES string of the molecule is CCOC(=O)CCC(=O)NC1CCN(C(=O)c2ccccn2)CC1. The van der Waals surface area contributed by atoms with E-state index in [-0.39, 0.29) is 36.7 Å². The zero-order valence-electron chi connectivity index (χ0n) is 13.9. The average Bonchev–Trinajstić information content (AvgIpc) is 2.61. The van der Waals surface area contributed by atoms with Crippen molar-refractivity contribution in [1.82, 2.24) is 15.2 Å². The Bertz CT molecular complexity index is 568. The summed E-state index contributed by atoms with van der Waals surface area (Å²) in [5.41, 5.74) is 0.439. The summed E-state index contributed by atoms with van der Waals surface area (Å²) in [5.74, 6) is -0.594. The Kier molecular flexibility index (Phi) is 6.72. The molecule has 0 bridgehead atoms. The zero-order valence-corrected chi connectivity index (χ0v) is 13.9. The summed E-state index contributed by atoms with van der Waals surface area (Å²) in [7, 11) is 0. The number of likely N-dealkylation sites (tertiary alicyclic amines) is 1. The van der Waals surface area contributed by atoms with E-state index in [2.05, 4.69) is 10.3 Å². The van der Waals surface area contributed by atoms with Crippen molar-refractivity contribution in [2.75, 3.05) is 19.7 Å². The van der Waals surface area contributed by atoms with Crippen molar-refractivity contribution in [3.63, 3.8) is 0 Å². The highest BCUT2D eigenvalue weighted by molar-refractivity contribution is 5.92. The monoisotopic (exact) mass is 333 g/mol. The quantitative estimate of drug-likeness (QED) is 0.789. The van der Waals surface area contributed by atoms with Crippen LogP contribution in [0.1, 0.15) is 43.1 Å². The highest BCUT2D eigenvalue weighted by atomic mass is 16.5. The van der Waals surface area contributed by atoms with Crippen molar-refractivity contribution in [2.45, 2.75) is 38.6 Å². The molecule has 0 aliphatic carbocycles. The minimum Gasteiger partial charge on any atom is -0.466 e. The van der Waals surface area contributed by atoms with Crippen molar-refractivity contribution in [3.8, 4) is 0 Å². The third-order valence-corrected chi connectivity index (χ3v) is 3.89. The first-order chi connectivity index (χ1) is 11.6. The fraction of sp³-hybridized carbons (Fsp3) is 0.529. The first kappa shape index (κ1) is 17.9. The summed E-state index contributed by atoms with van der Waals surface area (Å²) < 4.78 is 4.80. The zero-order chi connectivity index (χ0) is 17.4. The lowest BCUT2D eigenvalue weighted by molar-refractivity contribution is -0.144. The van der Waals surface area contributed by atoms with Crippen molar-refractivity contribution >= 4 is 17.8 Å². The number of nitrogens with one attached hydrogen (secondary N) is 1. The second-order valence-corrected chi connectivity index (χ2v) is 5.65. The van der Waals surface area contributed by atoms with Gasteiger partial charge < -0.3 is 15.0 Å². The predicted molar refractivity (Wildman–Crippen MR) is 87.2 cm³/mol. The van der Waals surface area contributed by atoms with E-state index < -0.39 is 0 Å². The van der Waals surface area contributed by atoms with E-state index in [4.69, 9.17) is 4.74 Å². The van der Waals surface area contributed by atoms with Crippen molar-refractivity contribution < 1.29 is 19.1 Å². The number of rotatable bonds is 6. The van der Waals surface area contributed by atoms with E-state index in [0.29, 0.717) is 38.2 Å². The number of piperidine rings is 1. The molecule has 130 valence electrons. The number of ether oxygens (including phenoxy) is 1. The molecule has 1 aliphatic heterocycles. The largest absolute Gasteiger partial charge is 0.466 e. The van der Waals surface area contributed by atoms with E-state index in [1.165, 1.54) is 0 Å². The summed E-state index contributed by atoms with van der Waals surface area (Å²) in [5, 5.41) is 2.92. The van der Waals surface area contributed by atoms with Gasteiger partial charge in [-0.2, -0.15) is 0 Å². The smallest absolute Gasteiger partial charge is 0.306 e. The van der Waals surface area contributed by atoms with Gasteiger partial charge in [0, 0.05) is 31.7 Å². The van der Waals surface area contributed by atoms with Crippen LogP contribution in [0.4, 0.5) is 0 Å². The van der Waals surface area contributed by atoms with Gasteiger partial charge in [-0.25, -0.2) is 0 Å². The molecule has 2 heterocycles. The molecule has 0 atom stereocenters. The van der Waals surface area contributed by atoms with Crippen LogP contribution in [0.15, 0.2) is 24.4 Å². The van der Waals surface area contributed by atoms with E-state index in [9.17, 15) is 14.4 Å². The number of hydrogen-bond donors (Lipinski definition) is 1. The Hall–Kier alpha value is -2.44. The number of aromatic nitrogens is 1. The molecule has 0 radical (unpaired) electrons. The molecule has 2 amide bonds. The number of hydrogen-bond acceptors (Lipinski definition) is 5. The molecule has 7 heteroatoms. The number of carbonyl (C=O) groups excluding carboxylic acids is 3. The van der Waals surface area contributed by atoms with Gasteiger partial charge in [-0.1, -0.05) is 6.07 Å². The summed E-state index contributed by atoms with van der Waals surface area (Å²) in [6, 6.07) is 5.30. The van der Waals surface area contributed by atoms with Gasteiger partial charge >= 0.3 is 5.97 Å². The maximum Gasteiger partial charge on any atom is 0.306 e. The lowest BCUT2D eigenvalue weighted by Gasteiger charge is -2.32. The van der Waals surface area contributed by atoms with Crippen LogP contribution in [0.5, 0.6) is 0 Å². The molecule has 0 saturated carbocycles. The van der Waals surface area contributed by atoms with Crippen LogP contribution >= 0.6 is 0 Å². The Balaban J connectivity index is 1.72. The van der Waals surface area contributed by atoms with Gasteiger partial charge in [0.15, 0.2) is 0 Å². The summed E-state index contributed by atoms with van der Waals surface area (Å²) in [6.07, 6.45) is 3.22. The van der Waals surface area contributed by atoms with Crippen LogP contribution in [-0.2, 0) is 14.3 Å². The van der Waals surface area contributed by atoms with Gasteiger partial charge in [-0.05, 0) is 31.9 Å². The topological polar surface area (TPSA) is 88.6 Å². The van der Waals surface area contributed by atoms with E-state index in [1.807, 2.05) is 0 Å². The summed E-state index contributed by atoms with van der Waals surface area (Å²) in [4.78, 5) is 41.2. The Morgan fingerprint density at radius 2 is 2.00 bits per heavy atom. The molecule has 7 nitrogen and oxygen atoms in total. The maximum atomic E-state index is 12.3. The van der Waals surface area contributed by atoms with Gasteiger partial charge in [0.25, 0.3) is 5.91 Å². The molecule has 0 aromatic carbocycles. The fourth-order valence-corrected chi connectivity index (χ4v) is 2.63. The second-order valence-electron chi connectivity index (χ2n) is 5.65. The molecule has 1 saturated heterocycles. The molecule has 24 heavy (non-hydrogen) atoms. The lowest BCUT2D eigenvalue weighted by Crippen LogP contribution is -2.46. The molecule has 1 N–H and O–H groups in total. The Labute approximate surface area is 141 Å². The van der Waals surface area contributed by atoms with Gasteiger partial charge in [0.05, 0.1) is 13.0 Å². The standard InChI is InChI=1S/C17H23N3O4/c1-2-24-16(22)7-6-15(21)19-13-8-11-20(12-9-13)17(23)14-5-3-4-10-18-14/h3-5,10,13H,2,6-9,11-12H2,1H3,(H,19,21). The van der Waals surface area contributed by atoms with Gasteiger partial charge in [-0.3, -0.25) is 19.4 Å². The third-order valence-electron chi connectivity index (χ3n) is 3.89. The van der Waals surface area contributed by atoms with E-state index >= 15 is 0 Å². The Morgan fingerprint density at radius 3 is 2.62 bits per heavy atom. The van der Waals surface area contributed by atoms with Crippen LogP contribution in [0.25, 0.3) is 0 Å². The summed E-state index contributed by atoms with van der Waals surface area (Å²) in [6.45, 7) is 3.22. The highest BCUT2D eigenvalue weighted by Gasteiger charge is 2.25. The van der Waals surface area contributed by atoms with Gasteiger partial charge in [0.2, 0.25) is 5.91 Å². The molecule has 1 aromatic rings. The lowest BCUT2D eigenvalue weighted by atomic mass is 10.0. The number of amides is 2. The number of pyridine rings is 1. The molecule has 1 fully saturated rings. The van der Waals surface area contributed by atoms with Gasteiger partial charge in [-0.15, -0.1) is 0 Å². The van der Waals surface area contributed by atoms with Crippen LogP contribution in [0, 0.1) is 0 Å². The average molecular weight is 333 g/mol. The minimum absolute atomic E-state index is 0.0347. The van der Waals surface area contributed by atoms with Crippen LogP contribution in [0.2, 0.25) is 0 Å². The van der Waals surface area contributed by atoms with Crippen LogP contribution < -0.4 is 5.32 Å². The number of nitrogens with zero attached hydrogens (tertiary/aromatic N) is 2.